The van der Waals surface area contributed by atoms with E-state index in [1.807, 2.05) is 18.0 Å². The fourth-order valence-corrected chi connectivity index (χ4v) is 2.91. The van der Waals surface area contributed by atoms with Gasteiger partial charge < -0.3 is 5.11 Å². The monoisotopic (exact) mass is 293 g/mol. The largest absolute Gasteiger partial charge is 0.392 e. The SMILES string of the molecule is Cn1nccc1CN1C[C@@H](O)C[C@H]1c1cc(F)ccc1F. The molecule has 1 N–H and O–H groups in total. The number of benzene rings is 1. The Morgan fingerprint density at radius 3 is 2.86 bits per heavy atom. The molecule has 4 nitrogen and oxygen atoms in total. The molecule has 6 heteroatoms. The van der Waals surface area contributed by atoms with Gasteiger partial charge in [0.05, 0.1) is 11.8 Å². The van der Waals surface area contributed by atoms with Crippen molar-refractivity contribution in [3.8, 4) is 0 Å². The number of hydrogen-bond acceptors (Lipinski definition) is 3. The maximum atomic E-state index is 14.0. The number of likely N-dealkylation sites (tertiary alicyclic amines) is 1. The van der Waals surface area contributed by atoms with Gasteiger partial charge in [0.1, 0.15) is 11.6 Å². The minimum atomic E-state index is -0.536. The molecule has 0 spiro atoms. The van der Waals surface area contributed by atoms with E-state index in [1.54, 1.807) is 10.9 Å². The van der Waals surface area contributed by atoms with E-state index in [0.717, 1.165) is 17.8 Å². The highest BCUT2D eigenvalue weighted by atomic mass is 19.1. The van der Waals surface area contributed by atoms with Crippen LogP contribution in [0, 0.1) is 11.6 Å². The molecule has 0 saturated carbocycles. The Morgan fingerprint density at radius 2 is 2.14 bits per heavy atom. The number of aryl methyl sites for hydroxylation is 1. The van der Waals surface area contributed by atoms with Gasteiger partial charge in [-0.2, -0.15) is 5.10 Å². The van der Waals surface area contributed by atoms with E-state index in [-0.39, 0.29) is 6.04 Å². The molecule has 1 saturated heterocycles. The van der Waals surface area contributed by atoms with E-state index in [2.05, 4.69) is 5.10 Å². The van der Waals surface area contributed by atoms with Gasteiger partial charge in [-0.25, -0.2) is 8.78 Å². The molecule has 0 unspecified atom stereocenters. The fraction of sp³-hybridized carbons (Fsp3) is 0.400. The number of aromatic nitrogens is 2. The lowest BCUT2D eigenvalue weighted by atomic mass is 10.0. The third-order valence-electron chi connectivity index (χ3n) is 3.99. The Morgan fingerprint density at radius 1 is 1.33 bits per heavy atom. The van der Waals surface area contributed by atoms with Crippen LogP contribution < -0.4 is 0 Å². The molecule has 3 rings (SSSR count). The van der Waals surface area contributed by atoms with E-state index < -0.39 is 17.7 Å². The summed E-state index contributed by atoms with van der Waals surface area (Å²) in [6.07, 6.45) is 1.56. The molecular formula is C15H17F2N3O. The van der Waals surface area contributed by atoms with Crippen LogP contribution in [0.1, 0.15) is 23.7 Å². The number of hydrogen-bond donors (Lipinski definition) is 1. The number of nitrogens with zero attached hydrogens (tertiary/aromatic N) is 3. The lowest BCUT2D eigenvalue weighted by Gasteiger charge is -2.24. The van der Waals surface area contributed by atoms with Gasteiger partial charge in [0.15, 0.2) is 0 Å². The standard InChI is InChI=1S/C15H17F2N3O/c1-19-11(4-5-18-19)8-20-9-12(21)7-15(20)13-6-10(16)2-3-14(13)17/h2-6,12,15,21H,7-9H2,1H3/t12-,15-/m0/s1. The number of β-amino-alcohol motifs (C(OH)–C–C–N with tert-alkyl or cyclic N) is 1. The third kappa shape index (κ3) is 2.82. The molecule has 0 amide bonds. The highest BCUT2D eigenvalue weighted by Crippen LogP contribution is 2.35. The Bertz CT molecular complexity index is 644. The summed E-state index contributed by atoms with van der Waals surface area (Å²) >= 11 is 0. The number of halogens is 2. The first-order valence-electron chi connectivity index (χ1n) is 6.88. The van der Waals surface area contributed by atoms with Gasteiger partial charge in [0, 0.05) is 37.9 Å². The normalized spacial score (nSPS) is 22.9. The molecule has 1 aliphatic heterocycles. The minimum absolute atomic E-state index is 0.300. The van der Waals surface area contributed by atoms with Crippen molar-refractivity contribution in [3.63, 3.8) is 0 Å². The highest BCUT2D eigenvalue weighted by Gasteiger charge is 2.34. The fourth-order valence-electron chi connectivity index (χ4n) is 2.91. The molecule has 112 valence electrons. The average Bonchev–Trinajstić information content (AvgIpc) is 3.00. The average molecular weight is 293 g/mol. The van der Waals surface area contributed by atoms with E-state index in [9.17, 15) is 13.9 Å². The first-order valence-corrected chi connectivity index (χ1v) is 6.88. The zero-order valence-electron chi connectivity index (χ0n) is 11.7. The second kappa shape index (κ2) is 5.54. The van der Waals surface area contributed by atoms with Crippen molar-refractivity contribution in [2.75, 3.05) is 6.54 Å². The van der Waals surface area contributed by atoms with Crippen LogP contribution in [0.25, 0.3) is 0 Å². The van der Waals surface area contributed by atoms with Gasteiger partial charge in [-0.15, -0.1) is 0 Å². The zero-order chi connectivity index (χ0) is 15.0. The first-order chi connectivity index (χ1) is 10.0. The van der Waals surface area contributed by atoms with Crippen molar-refractivity contribution >= 4 is 0 Å². The lowest BCUT2D eigenvalue weighted by Crippen LogP contribution is -2.26. The Labute approximate surface area is 121 Å². The van der Waals surface area contributed by atoms with E-state index in [4.69, 9.17) is 0 Å². The molecule has 2 aromatic rings. The number of aliphatic hydroxyl groups excluding tert-OH is 1. The maximum Gasteiger partial charge on any atom is 0.128 e. The van der Waals surface area contributed by atoms with Crippen LogP contribution in [0.2, 0.25) is 0 Å². The van der Waals surface area contributed by atoms with Crippen LogP contribution >= 0.6 is 0 Å². The summed E-state index contributed by atoms with van der Waals surface area (Å²) in [7, 11) is 1.83. The molecule has 21 heavy (non-hydrogen) atoms. The summed E-state index contributed by atoms with van der Waals surface area (Å²) in [4.78, 5) is 1.96. The summed E-state index contributed by atoms with van der Waals surface area (Å²) < 4.78 is 29.1. The van der Waals surface area contributed by atoms with Crippen molar-refractivity contribution in [2.45, 2.75) is 25.1 Å². The molecule has 2 heterocycles. The van der Waals surface area contributed by atoms with Gasteiger partial charge in [-0.05, 0) is 30.7 Å². The lowest BCUT2D eigenvalue weighted by molar-refractivity contribution is 0.171. The van der Waals surface area contributed by atoms with E-state index in [1.165, 1.54) is 6.07 Å². The van der Waals surface area contributed by atoms with E-state index >= 15 is 0 Å². The maximum absolute atomic E-state index is 14.0. The number of rotatable bonds is 3. The van der Waals surface area contributed by atoms with Crippen molar-refractivity contribution in [1.29, 1.82) is 0 Å². The van der Waals surface area contributed by atoms with Crippen molar-refractivity contribution in [2.24, 2.45) is 7.05 Å². The van der Waals surface area contributed by atoms with Gasteiger partial charge in [-0.1, -0.05) is 0 Å². The van der Waals surface area contributed by atoms with Gasteiger partial charge >= 0.3 is 0 Å². The molecule has 2 atom stereocenters. The molecule has 1 aliphatic rings. The minimum Gasteiger partial charge on any atom is -0.392 e. The van der Waals surface area contributed by atoms with Crippen LogP contribution in [-0.2, 0) is 13.6 Å². The molecular weight excluding hydrogens is 276 g/mol. The smallest absolute Gasteiger partial charge is 0.128 e. The van der Waals surface area contributed by atoms with Crippen molar-refractivity contribution in [3.05, 3.63) is 53.4 Å². The molecule has 0 bridgehead atoms. The van der Waals surface area contributed by atoms with Crippen molar-refractivity contribution < 1.29 is 13.9 Å². The molecule has 1 aromatic heterocycles. The highest BCUT2D eigenvalue weighted by molar-refractivity contribution is 5.24. The van der Waals surface area contributed by atoms with Crippen LogP contribution in [0.3, 0.4) is 0 Å². The third-order valence-corrected chi connectivity index (χ3v) is 3.99. The quantitative estimate of drug-likeness (QED) is 0.941. The summed E-state index contributed by atoms with van der Waals surface area (Å²) in [5, 5.41) is 14.0. The topological polar surface area (TPSA) is 41.3 Å². The Hall–Kier alpha value is -1.79. The second-order valence-electron chi connectivity index (χ2n) is 5.45. The Kier molecular flexibility index (Phi) is 3.73. The number of aliphatic hydroxyl groups is 1. The predicted octanol–water partition coefficient (Wildman–Crippen LogP) is 2.01. The molecule has 1 aromatic carbocycles. The predicted molar refractivity (Wildman–Crippen MR) is 73.3 cm³/mol. The van der Waals surface area contributed by atoms with Crippen LogP contribution in [0.5, 0.6) is 0 Å². The molecule has 0 radical (unpaired) electrons. The molecule has 1 fully saturated rings. The zero-order valence-corrected chi connectivity index (χ0v) is 11.7. The van der Waals surface area contributed by atoms with E-state index in [0.29, 0.717) is 25.1 Å². The first kappa shape index (κ1) is 14.2. The second-order valence-corrected chi connectivity index (χ2v) is 5.45. The summed E-state index contributed by atoms with van der Waals surface area (Å²) in [5.41, 5.74) is 1.26. The summed E-state index contributed by atoms with van der Waals surface area (Å²) in [5.74, 6) is -0.904. The van der Waals surface area contributed by atoms with Crippen LogP contribution in [0.4, 0.5) is 8.78 Å². The summed E-state index contributed by atoms with van der Waals surface area (Å²) in [6.45, 7) is 0.972. The van der Waals surface area contributed by atoms with Gasteiger partial charge in [0.25, 0.3) is 0 Å². The van der Waals surface area contributed by atoms with Gasteiger partial charge in [-0.3, -0.25) is 9.58 Å². The van der Waals surface area contributed by atoms with Crippen molar-refractivity contribution in [1.82, 2.24) is 14.7 Å². The molecule has 0 aliphatic carbocycles. The Balaban J connectivity index is 1.89. The van der Waals surface area contributed by atoms with Crippen LogP contribution in [-0.4, -0.2) is 32.4 Å². The summed E-state index contributed by atoms with van der Waals surface area (Å²) in [6, 6.07) is 5.01. The van der Waals surface area contributed by atoms with Crippen LogP contribution in [0.15, 0.2) is 30.5 Å². The van der Waals surface area contributed by atoms with Gasteiger partial charge in [0.2, 0.25) is 0 Å².